The van der Waals surface area contributed by atoms with E-state index in [-0.39, 0.29) is 17.9 Å². The first-order chi connectivity index (χ1) is 11.7. The lowest BCUT2D eigenvalue weighted by molar-refractivity contribution is -0.133. The van der Waals surface area contributed by atoms with Crippen LogP contribution in [0.3, 0.4) is 0 Å². The third-order valence-electron chi connectivity index (χ3n) is 5.29. The van der Waals surface area contributed by atoms with Gasteiger partial charge in [0.05, 0.1) is 19.3 Å². The van der Waals surface area contributed by atoms with Gasteiger partial charge in [-0.1, -0.05) is 18.2 Å². The van der Waals surface area contributed by atoms with Gasteiger partial charge in [0.25, 0.3) is 0 Å². The fraction of sp³-hybridized carbons (Fsp3) is 0.474. The zero-order valence-electron chi connectivity index (χ0n) is 14.2. The molecule has 2 aromatic rings. The highest BCUT2D eigenvalue weighted by atomic mass is 16.5. The monoisotopic (exact) mass is 325 g/mol. The Balaban J connectivity index is 1.50. The summed E-state index contributed by atoms with van der Waals surface area (Å²) < 4.78 is 7.27. The summed E-state index contributed by atoms with van der Waals surface area (Å²) in [6, 6.07) is 8.24. The maximum atomic E-state index is 13.0. The molecule has 1 saturated heterocycles. The van der Waals surface area contributed by atoms with Gasteiger partial charge >= 0.3 is 0 Å². The number of hydrogen-bond acceptors (Lipinski definition) is 3. The second-order valence-electron chi connectivity index (χ2n) is 6.83. The van der Waals surface area contributed by atoms with Crippen LogP contribution in [-0.2, 0) is 11.8 Å². The largest absolute Gasteiger partial charge is 0.496 e. The van der Waals surface area contributed by atoms with Gasteiger partial charge in [-0.2, -0.15) is 5.10 Å². The van der Waals surface area contributed by atoms with Crippen molar-refractivity contribution in [2.75, 3.05) is 13.7 Å². The highest BCUT2D eigenvalue weighted by Crippen LogP contribution is 2.52. The van der Waals surface area contributed by atoms with Crippen LogP contribution < -0.4 is 4.74 Å². The first kappa shape index (κ1) is 15.2. The van der Waals surface area contributed by atoms with Crippen molar-refractivity contribution in [2.24, 2.45) is 13.0 Å². The molecule has 1 aliphatic heterocycles. The first-order valence-electron chi connectivity index (χ1n) is 8.61. The Morgan fingerprint density at radius 2 is 2.17 bits per heavy atom. The van der Waals surface area contributed by atoms with E-state index in [0.717, 1.165) is 42.7 Å². The van der Waals surface area contributed by atoms with Crippen LogP contribution in [0.1, 0.15) is 42.3 Å². The third kappa shape index (κ3) is 2.58. The number of rotatable bonds is 4. The number of aryl methyl sites for hydroxylation is 1. The molecule has 0 N–H and O–H groups in total. The van der Waals surface area contributed by atoms with E-state index in [1.165, 1.54) is 0 Å². The summed E-state index contributed by atoms with van der Waals surface area (Å²) >= 11 is 0. The van der Waals surface area contributed by atoms with Crippen molar-refractivity contribution in [1.29, 1.82) is 0 Å². The van der Waals surface area contributed by atoms with Gasteiger partial charge in [0.2, 0.25) is 5.91 Å². The number of hydrogen-bond donors (Lipinski definition) is 0. The lowest BCUT2D eigenvalue weighted by Gasteiger charge is -2.24. The number of ether oxygens (including phenoxy) is 1. The fourth-order valence-corrected chi connectivity index (χ4v) is 3.99. The Bertz CT molecular complexity index is 755. The SMILES string of the molecule is COc1ccccc1[C@@H]1C[C@H]1C(=O)N1CCC[C@H]1c1cnn(C)c1. The van der Waals surface area contributed by atoms with Gasteiger partial charge in [0.1, 0.15) is 5.75 Å². The molecule has 126 valence electrons. The van der Waals surface area contributed by atoms with E-state index in [4.69, 9.17) is 4.74 Å². The molecule has 1 aromatic carbocycles. The molecular weight excluding hydrogens is 302 g/mol. The van der Waals surface area contributed by atoms with E-state index in [1.54, 1.807) is 7.11 Å². The molecule has 2 heterocycles. The molecular formula is C19H23N3O2. The smallest absolute Gasteiger partial charge is 0.226 e. The van der Waals surface area contributed by atoms with Crippen molar-refractivity contribution in [3.05, 3.63) is 47.8 Å². The molecule has 4 rings (SSSR count). The topological polar surface area (TPSA) is 47.4 Å². The number of likely N-dealkylation sites (tertiary alicyclic amines) is 1. The third-order valence-corrected chi connectivity index (χ3v) is 5.29. The van der Waals surface area contributed by atoms with Gasteiger partial charge in [-0.25, -0.2) is 0 Å². The van der Waals surface area contributed by atoms with Crippen molar-refractivity contribution < 1.29 is 9.53 Å². The lowest BCUT2D eigenvalue weighted by Crippen LogP contribution is -2.32. The maximum absolute atomic E-state index is 13.0. The molecule has 2 aliphatic rings. The minimum Gasteiger partial charge on any atom is -0.496 e. The van der Waals surface area contributed by atoms with Crippen molar-refractivity contribution in [3.63, 3.8) is 0 Å². The zero-order chi connectivity index (χ0) is 16.7. The quantitative estimate of drug-likeness (QED) is 0.868. The lowest BCUT2D eigenvalue weighted by atomic mass is 10.1. The number of methoxy groups -OCH3 is 1. The second-order valence-corrected chi connectivity index (χ2v) is 6.83. The molecule has 1 saturated carbocycles. The molecule has 5 nitrogen and oxygen atoms in total. The number of para-hydroxylation sites is 1. The first-order valence-corrected chi connectivity index (χ1v) is 8.61. The molecule has 0 bridgehead atoms. The normalized spacial score (nSPS) is 25.8. The number of benzene rings is 1. The van der Waals surface area contributed by atoms with Crippen molar-refractivity contribution in [2.45, 2.75) is 31.2 Å². The van der Waals surface area contributed by atoms with Gasteiger partial charge in [0.15, 0.2) is 0 Å². The van der Waals surface area contributed by atoms with Gasteiger partial charge < -0.3 is 9.64 Å². The molecule has 5 heteroatoms. The summed E-state index contributed by atoms with van der Waals surface area (Å²) in [5.74, 6) is 1.57. The van der Waals surface area contributed by atoms with Crippen LogP contribution in [0.2, 0.25) is 0 Å². The van der Waals surface area contributed by atoms with Crippen LogP contribution in [0.5, 0.6) is 5.75 Å². The molecule has 0 spiro atoms. The summed E-state index contributed by atoms with van der Waals surface area (Å²) in [5, 5.41) is 4.26. The Morgan fingerprint density at radius 3 is 2.92 bits per heavy atom. The van der Waals surface area contributed by atoms with E-state index in [2.05, 4.69) is 16.1 Å². The van der Waals surface area contributed by atoms with Gasteiger partial charge in [0, 0.05) is 31.3 Å². The molecule has 3 atom stereocenters. The average Bonchev–Trinajstić information content (AvgIpc) is 3.02. The number of amides is 1. The van der Waals surface area contributed by atoms with E-state index < -0.39 is 0 Å². The van der Waals surface area contributed by atoms with Gasteiger partial charge in [-0.3, -0.25) is 9.48 Å². The molecule has 24 heavy (non-hydrogen) atoms. The highest BCUT2D eigenvalue weighted by molar-refractivity contribution is 5.84. The summed E-state index contributed by atoms with van der Waals surface area (Å²) in [7, 11) is 3.61. The van der Waals surface area contributed by atoms with Crippen LogP contribution in [0.15, 0.2) is 36.7 Å². The molecule has 1 aromatic heterocycles. The molecule has 1 amide bonds. The number of carbonyl (C=O) groups excluding carboxylic acids is 1. The van der Waals surface area contributed by atoms with Crippen LogP contribution in [0.25, 0.3) is 0 Å². The van der Waals surface area contributed by atoms with Gasteiger partial charge in [-0.15, -0.1) is 0 Å². The number of aromatic nitrogens is 2. The molecule has 0 unspecified atom stereocenters. The van der Waals surface area contributed by atoms with E-state index in [9.17, 15) is 4.79 Å². The maximum Gasteiger partial charge on any atom is 0.226 e. The Labute approximate surface area is 142 Å². The predicted molar refractivity (Wildman–Crippen MR) is 90.7 cm³/mol. The summed E-state index contributed by atoms with van der Waals surface area (Å²) in [4.78, 5) is 15.1. The van der Waals surface area contributed by atoms with Crippen LogP contribution in [0.4, 0.5) is 0 Å². The minimum absolute atomic E-state index is 0.0959. The fourth-order valence-electron chi connectivity index (χ4n) is 3.99. The van der Waals surface area contributed by atoms with Crippen molar-refractivity contribution in [1.82, 2.24) is 14.7 Å². The number of carbonyl (C=O) groups is 1. The van der Waals surface area contributed by atoms with Gasteiger partial charge in [-0.05, 0) is 36.8 Å². The number of nitrogens with zero attached hydrogens (tertiary/aromatic N) is 3. The molecule has 2 fully saturated rings. The summed E-state index contributed by atoms with van der Waals surface area (Å²) in [6.45, 7) is 0.855. The Kier molecular flexibility index (Phi) is 3.79. The standard InChI is InChI=1S/C19H23N3O2/c1-21-12-13(11-20-21)17-7-5-9-22(17)19(23)16-10-15(16)14-6-3-4-8-18(14)24-2/h3-4,6,8,11-12,15-17H,5,7,9-10H2,1-2H3/t15-,16+,17-/m0/s1. The zero-order valence-corrected chi connectivity index (χ0v) is 14.2. The van der Waals surface area contributed by atoms with E-state index in [1.807, 2.05) is 42.3 Å². The van der Waals surface area contributed by atoms with E-state index >= 15 is 0 Å². The Hall–Kier alpha value is -2.30. The summed E-state index contributed by atoms with van der Waals surface area (Å²) in [6.07, 6.45) is 6.94. The predicted octanol–water partition coefficient (Wildman–Crippen LogP) is 2.90. The van der Waals surface area contributed by atoms with Crippen molar-refractivity contribution in [3.8, 4) is 5.75 Å². The van der Waals surface area contributed by atoms with Crippen LogP contribution in [-0.4, -0.2) is 34.2 Å². The highest BCUT2D eigenvalue weighted by Gasteiger charge is 2.48. The minimum atomic E-state index is 0.0959. The Morgan fingerprint density at radius 1 is 1.33 bits per heavy atom. The van der Waals surface area contributed by atoms with Crippen molar-refractivity contribution >= 4 is 5.91 Å². The summed E-state index contributed by atoms with van der Waals surface area (Å²) in [5.41, 5.74) is 2.31. The average molecular weight is 325 g/mol. The van der Waals surface area contributed by atoms with Crippen LogP contribution >= 0.6 is 0 Å². The molecule has 0 radical (unpaired) electrons. The van der Waals surface area contributed by atoms with E-state index in [0.29, 0.717) is 5.92 Å². The molecule has 1 aliphatic carbocycles. The second kappa shape index (κ2) is 5.96. The van der Waals surface area contributed by atoms with Crippen LogP contribution in [0, 0.1) is 5.92 Å².